The van der Waals surface area contributed by atoms with Gasteiger partial charge in [-0.3, -0.25) is 0 Å². The van der Waals surface area contributed by atoms with Crippen molar-refractivity contribution in [2.45, 2.75) is 80.2 Å². The van der Waals surface area contributed by atoms with Crippen molar-refractivity contribution in [1.82, 2.24) is 5.32 Å². The molecule has 1 nitrogen and oxygen atoms in total. The topological polar surface area (TPSA) is 12.0 Å². The van der Waals surface area contributed by atoms with Crippen molar-refractivity contribution in [2.75, 3.05) is 6.54 Å². The Hall–Kier alpha value is -0.0400. The highest BCUT2D eigenvalue weighted by Gasteiger charge is 2.24. The first-order valence-corrected chi connectivity index (χ1v) is 8.00. The van der Waals surface area contributed by atoms with E-state index in [2.05, 4.69) is 60.7 Å². The fraction of sp³-hybridized carbons (Fsp3) is 1.00. The van der Waals surface area contributed by atoms with Crippen LogP contribution in [0, 0.1) is 23.7 Å². The van der Waals surface area contributed by atoms with Crippen molar-refractivity contribution >= 4 is 0 Å². The smallest absolute Gasteiger partial charge is 0.0122 e. The molecule has 1 heteroatoms. The van der Waals surface area contributed by atoms with Gasteiger partial charge in [0.05, 0.1) is 0 Å². The van der Waals surface area contributed by atoms with E-state index in [1.165, 1.54) is 19.3 Å². The SMILES string of the molecule is CCC(CCNC(C)(C)CC)C(C)C(C)C(C)C. The average Bonchev–Trinajstić information content (AvgIpc) is 2.32. The van der Waals surface area contributed by atoms with E-state index in [9.17, 15) is 0 Å². The van der Waals surface area contributed by atoms with Crippen LogP contribution in [0.4, 0.5) is 0 Å². The van der Waals surface area contributed by atoms with Gasteiger partial charge in [0.15, 0.2) is 0 Å². The molecule has 0 radical (unpaired) electrons. The molecule has 3 unspecified atom stereocenters. The largest absolute Gasteiger partial charge is 0.312 e. The van der Waals surface area contributed by atoms with Crippen molar-refractivity contribution in [3.63, 3.8) is 0 Å². The number of hydrogen-bond donors (Lipinski definition) is 1. The maximum Gasteiger partial charge on any atom is 0.0122 e. The van der Waals surface area contributed by atoms with Crippen LogP contribution >= 0.6 is 0 Å². The minimum absolute atomic E-state index is 0.297. The Morgan fingerprint density at radius 1 is 0.944 bits per heavy atom. The highest BCUT2D eigenvalue weighted by atomic mass is 14.9. The van der Waals surface area contributed by atoms with Gasteiger partial charge in [0.1, 0.15) is 0 Å². The lowest BCUT2D eigenvalue weighted by Gasteiger charge is -2.32. The second-order valence-electron chi connectivity index (χ2n) is 7.08. The maximum absolute atomic E-state index is 3.70. The van der Waals surface area contributed by atoms with Crippen LogP contribution in [0.25, 0.3) is 0 Å². The second-order valence-corrected chi connectivity index (χ2v) is 7.08. The van der Waals surface area contributed by atoms with Crippen LogP contribution in [-0.2, 0) is 0 Å². The summed E-state index contributed by atoms with van der Waals surface area (Å²) in [4.78, 5) is 0. The summed E-state index contributed by atoms with van der Waals surface area (Å²) in [5.41, 5.74) is 0.297. The van der Waals surface area contributed by atoms with Gasteiger partial charge in [0.2, 0.25) is 0 Å². The normalized spacial score (nSPS) is 17.8. The molecule has 0 heterocycles. The lowest BCUT2D eigenvalue weighted by Crippen LogP contribution is -2.40. The van der Waals surface area contributed by atoms with Gasteiger partial charge < -0.3 is 5.32 Å². The minimum Gasteiger partial charge on any atom is -0.312 e. The molecule has 0 fully saturated rings. The van der Waals surface area contributed by atoms with Crippen LogP contribution in [0.5, 0.6) is 0 Å². The molecule has 0 aromatic rings. The van der Waals surface area contributed by atoms with Crippen molar-refractivity contribution in [1.29, 1.82) is 0 Å². The van der Waals surface area contributed by atoms with E-state index in [-0.39, 0.29) is 0 Å². The van der Waals surface area contributed by atoms with Crippen LogP contribution in [0.1, 0.15) is 74.7 Å². The average molecular weight is 255 g/mol. The summed E-state index contributed by atoms with van der Waals surface area (Å²) in [6.07, 6.45) is 3.83. The van der Waals surface area contributed by atoms with Crippen molar-refractivity contribution in [2.24, 2.45) is 23.7 Å². The maximum atomic E-state index is 3.70. The van der Waals surface area contributed by atoms with Gasteiger partial charge >= 0.3 is 0 Å². The van der Waals surface area contributed by atoms with E-state index < -0.39 is 0 Å². The predicted molar refractivity (Wildman–Crippen MR) is 83.9 cm³/mol. The first-order valence-electron chi connectivity index (χ1n) is 8.00. The van der Waals surface area contributed by atoms with Gasteiger partial charge in [-0.1, -0.05) is 48.0 Å². The standard InChI is InChI=1S/C17H37N/c1-9-16(15(6)14(5)13(3)4)11-12-18-17(7,8)10-2/h13-16,18H,9-12H2,1-8H3. The third kappa shape index (κ3) is 6.22. The predicted octanol–water partition coefficient (Wildman–Crippen LogP) is 5.11. The van der Waals surface area contributed by atoms with E-state index in [1.807, 2.05) is 0 Å². The highest BCUT2D eigenvalue weighted by molar-refractivity contribution is 4.78. The molecule has 0 amide bonds. The minimum atomic E-state index is 0.297. The van der Waals surface area contributed by atoms with Crippen LogP contribution in [-0.4, -0.2) is 12.1 Å². The third-order valence-electron chi connectivity index (χ3n) is 5.15. The Bertz CT molecular complexity index is 208. The molecule has 0 saturated carbocycles. The summed E-state index contributed by atoms with van der Waals surface area (Å²) in [5.74, 6) is 3.33. The number of rotatable bonds is 9. The molecule has 0 bridgehead atoms. The molecule has 0 aromatic carbocycles. The van der Waals surface area contributed by atoms with Crippen molar-refractivity contribution < 1.29 is 0 Å². The molecule has 3 atom stereocenters. The second kappa shape index (κ2) is 8.19. The summed E-state index contributed by atoms with van der Waals surface area (Å²) in [6, 6.07) is 0. The van der Waals surface area contributed by atoms with E-state index in [4.69, 9.17) is 0 Å². The lowest BCUT2D eigenvalue weighted by atomic mass is 9.76. The van der Waals surface area contributed by atoms with Gasteiger partial charge in [-0.05, 0) is 56.9 Å². The molecule has 0 saturated heterocycles. The Balaban J connectivity index is 4.19. The molecule has 0 aliphatic carbocycles. The molecule has 0 rings (SSSR count). The Labute approximate surface area is 116 Å². The molecule has 18 heavy (non-hydrogen) atoms. The third-order valence-corrected chi connectivity index (χ3v) is 5.15. The molecule has 1 N–H and O–H groups in total. The molecular formula is C17H37N. The summed E-state index contributed by atoms with van der Waals surface area (Å²) in [5, 5.41) is 3.70. The first-order chi connectivity index (χ1) is 8.25. The van der Waals surface area contributed by atoms with Crippen molar-refractivity contribution in [3.05, 3.63) is 0 Å². The monoisotopic (exact) mass is 255 g/mol. The summed E-state index contributed by atoms with van der Waals surface area (Å²) in [6.45, 7) is 19.9. The van der Waals surface area contributed by atoms with E-state index >= 15 is 0 Å². The van der Waals surface area contributed by atoms with Gasteiger partial charge in [-0.15, -0.1) is 0 Å². The molecule has 0 spiro atoms. The van der Waals surface area contributed by atoms with E-state index in [0.717, 1.165) is 30.2 Å². The zero-order valence-corrected chi connectivity index (χ0v) is 14.1. The number of hydrogen-bond acceptors (Lipinski definition) is 1. The fourth-order valence-electron chi connectivity index (χ4n) is 2.60. The zero-order valence-electron chi connectivity index (χ0n) is 14.1. The van der Waals surface area contributed by atoms with Crippen LogP contribution < -0.4 is 5.32 Å². The Morgan fingerprint density at radius 2 is 1.50 bits per heavy atom. The van der Waals surface area contributed by atoms with Gasteiger partial charge in [0.25, 0.3) is 0 Å². The molecule has 110 valence electrons. The molecular weight excluding hydrogens is 218 g/mol. The first kappa shape index (κ1) is 18.0. The van der Waals surface area contributed by atoms with Crippen LogP contribution in [0.2, 0.25) is 0 Å². The van der Waals surface area contributed by atoms with Gasteiger partial charge in [-0.2, -0.15) is 0 Å². The Kier molecular flexibility index (Phi) is 8.18. The molecule has 0 aliphatic heterocycles. The van der Waals surface area contributed by atoms with Crippen LogP contribution in [0.15, 0.2) is 0 Å². The summed E-state index contributed by atoms with van der Waals surface area (Å²) >= 11 is 0. The van der Waals surface area contributed by atoms with E-state index in [0.29, 0.717) is 5.54 Å². The van der Waals surface area contributed by atoms with Crippen LogP contribution in [0.3, 0.4) is 0 Å². The molecule has 0 aliphatic rings. The number of nitrogens with one attached hydrogen (secondary N) is 1. The van der Waals surface area contributed by atoms with Gasteiger partial charge in [-0.25, -0.2) is 0 Å². The lowest BCUT2D eigenvalue weighted by molar-refractivity contribution is 0.192. The molecule has 0 aromatic heterocycles. The Morgan fingerprint density at radius 3 is 1.89 bits per heavy atom. The van der Waals surface area contributed by atoms with Gasteiger partial charge in [0, 0.05) is 5.54 Å². The highest BCUT2D eigenvalue weighted by Crippen LogP contribution is 2.30. The quantitative estimate of drug-likeness (QED) is 0.604. The van der Waals surface area contributed by atoms with Crippen molar-refractivity contribution in [3.8, 4) is 0 Å². The van der Waals surface area contributed by atoms with E-state index in [1.54, 1.807) is 0 Å². The summed E-state index contributed by atoms with van der Waals surface area (Å²) in [7, 11) is 0. The summed E-state index contributed by atoms with van der Waals surface area (Å²) < 4.78 is 0. The fourth-order valence-corrected chi connectivity index (χ4v) is 2.60. The zero-order chi connectivity index (χ0) is 14.3.